The topological polar surface area (TPSA) is 277 Å². The third kappa shape index (κ3) is 13.0. The first-order valence-electron chi connectivity index (χ1n) is 13.5. The predicted molar refractivity (Wildman–Crippen MR) is 158 cm³/mol. The van der Waals surface area contributed by atoms with Gasteiger partial charge in [-0.25, -0.2) is 9.59 Å². The maximum absolute atomic E-state index is 13.1. The van der Waals surface area contributed by atoms with E-state index in [4.69, 9.17) is 31.3 Å². The van der Waals surface area contributed by atoms with Gasteiger partial charge in [-0.1, -0.05) is 0 Å². The van der Waals surface area contributed by atoms with Gasteiger partial charge < -0.3 is 42.9 Å². The fraction of sp³-hybridized carbons (Fsp3) is 0.286. The van der Waals surface area contributed by atoms with Crippen molar-refractivity contribution in [2.75, 3.05) is 23.7 Å². The Hall–Kier alpha value is -5.90. The van der Waals surface area contributed by atoms with Gasteiger partial charge in [-0.05, 0) is 50.2 Å². The van der Waals surface area contributed by atoms with Crippen molar-refractivity contribution < 1.29 is 74.9 Å². The van der Waals surface area contributed by atoms with Crippen LogP contribution in [0.25, 0.3) is 0 Å². The van der Waals surface area contributed by atoms with Crippen molar-refractivity contribution in [1.82, 2.24) is 10.6 Å². The van der Waals surface area contributed by atoms with Crippen LogP contribution in [0.1, 0.15) is 45.7 Å². The molecule has 272 valence electrons. The summed E-state index contributed by atoms with van der Waals surface area (Å²) in [6.07, 6.45) is -10.2. The first kappa shape index (κ1) is 42.1. The predicted octanol–water partition coefficient (Wildman–Crippen LogP) is 0.532. The van der Waals surface area contributed by atoms with E-state index in [1.165, 1.54) is 50.2 Å². The molecule has 0 unspecified atom stereocenters. The second-order valence-corrected chi connectivity index (χ2v) is 9.89. The number of amides is 4. The van der Waals surface area contributed by atoms with Gasteiger partial charge in [0.2, 0.25) is 23.6 Å². The van der Waals surface area contributed by atoms with Gasteiger partial charge in [-0.3, -0.25) is 28.8 Å². The van der Waals surface area contributed by atoms with Gasteiger partial charge in [0, 0.05) is 33.6 Å². The quantitative estimate of drug-likeness (QED) is 0.148. The molecule has 10 N–H and O–H groups in total. The van der Waals surface area contributed by atoms with E-state index in [1.54, 1.807) is 0 Å². The molecule has 0 spiro atoms. The van der Waals surface area contributed by atoms with Crippen LogP contribution in [0.5, 0.6) is 0 Å². The molecule has 4 amide bonds. The lowest BCUT2D eigenvalue weighted by atomic mass is 9.83. The number of rotatable bonds is 8. The Balaban J connectivity index is 0.000000748. The summed E-state index contributed by atoms with van der Waals surface area (Å²) in [7, 11) is 0. The number of carboxylic acid groups (broad SMARTS) is 2. The van der Waals surface area contributed by atoms with Crippen LogP contribution >= 0.6 is 0 Å². The minimum absolute atomic E-state index is 0.111. The number of carbonyl (C=O) groups is 8. The number of benzene rings is 2. The van der Waals surface area contributed by atoms with Gasteiger partial charge in [0.25, 0.3) is 0 Å². The van der Waals surface area contributed by atoms with Crippen LogP contribution in [0, 0.1) is 0 Å². The molecule has 0 aliphatic heterocycles. The average molecular weight is 723 g/mol. The van der Waals surface area contributed by atoms with Crippen LogP contribution < -0.4 is 32.7 Å². The highest BCUT2D eigenvalue weighted by Gasteiger charge is 2.39. The first-order chi connectivity index (χ1) is 22.9. The summed E-state index contributed by atoms with van der Waals surface area (Å²) in [5, 5.41) is 24.1. The van der Waals surface area contributed by atoms with E-state index in [9.17, 15) is 55.1 Å². The molecule has 0 bridgehead atoms. The summed E-state index contributed by atoms with van der Waals surface area (Å²) in [6, 6.07) is 7.02. The van der Waals surface area contributed by atoms with Gasteiger partial charge in [0.05, 0.1) is 25.2 Å². The molecule has 2 aromatic rings. The number of hydrogen-bond acceptors (Lipinski definition) is 10. The summed E-state index contributed by atoms with van der Waals surface area (Å²) in [5.74, 6) is -8.41. The van der Waals surface area contributed by atoms with Crippen LogP contribution in [0.2, 0.25) is 0 Å². The Bertz CT molecular complexity index is 1550. The van der Waals surface area contributed by atoms with Crippen LogP contribution in [0.4, 0.5) is 37.7 Å². The van der Waals surface area contributed by atoms with Crippen LogP contribution in [-0.2, 0) is 28.8 Å². The molecule has 1 aliphatic rings. The second kappa shape index (κ2) is 17.5. The molecule has 2 atom stereocenters. The zero-order valence-corrected chi connectivity index (χ0v) is 25.6. The number of nitrogens with one attached hydrogen (secondary N) is 4. The molecule has 50 heavy (non-hydrogen) atoms. The molecule has 3 rings (SSSR count). The SMILES string of the molecule is C[C@H](N)C(=O)NCC(=O)Nc1ccc2c(c1)C(=O)c1ccc(NC(=O)CNC(=O)[C@H](C)N)cc1C2=O.O=C(O)C(F)(F)F.O=C(O)C(F)(F)F. The highest BCUT2D eigenvalue weighted by atomic mass is 19.4. The van der Waals surface area contributed by atoms with E-state index in [-0.39, 0.29) is 46.7 Å². The van der Waals surface area contributed by atoms with Gasteiger partial charge in [0.15, 0.2) is 11.6 Å². The maximum Gasteiger partial charge on any atom is 0.490 e. The molecule has 0 saturated heterocycles. The minimum atomic E-state index is -5.08. The van der Waals surface area contributed by atoms with Gasteiger partial charge >= 0.3 is 24.3 Å². The Labute approximate surface area is 276 Å². The molecule has 22 heteroatoms. The highest BCUT2D eigenvalue weighted by molar-refractivity contribution is 6.29. The summed E-state index contributed by atoms with van der Waals surface area (Å²) >= 11 is 0. The Morgan fingerprint density at radius 2 is 0.900 bits per heavy atom. The van der Waals surface area contributed by atoms with E-state index < -0.39 is 71.6 Å². The number of alkyl halides is 6. The number of aliphatic carboxylic acids is 2. The number of anilines is 2. The Morgan fingerprint density at radius 3 is 1.14 bits per heavy atom. The summed E-state index contributed by atoms with van der Waals surface area (Å²) in [4.78, 5) is 91.2. The van der Waals surface area contributed by atoms with Crippen molar-refractivity contribution in [2.24, 2.45) is 11.5 Å². The largest absolute Gasteiger partial charge is 0.490 e. The molecule has 0 saturated carbocycles. The molecular formula is C28H28F6N6O10. The van der Waals surface area contributed by atoms with Gasteiger partial charge in [0.1, 0.15) is 0 Å². The zero-order chi connectivity index (χ0) is 38.7. The van der Waals surface area contributed by atoms with E-state index in [1.807, 2.05) is 0 Å². The van der Waals surface area contributed by atoms with Crippen LogP contribution in [0.3, 0.4) is 0 Å². The lowest BCUT2D eigenvalue weighted by Crippen LogP contribution is -2.41. The molecule has 0 radical (unpaired) electrons. The van der Waals surface area contributed by atoms with Crippen molar-refractivity contribution in [2.45, 2.75) is 38.3 Å². The molecule has 0 fully saturated rings. The van der Waals surface area contributed by atoms with Crippen molar-refractivity contribution in [3.05, 3.63) is 58.7 Å². The minimum Gasteiger partial charge on any atom is -0.475 e. The third-order valence-electron chi connectivity index (χ3n) is 5.74. The van der Waals surface area contributed by atoms with E-state index in [2.05, 4.69) is 21.3 Å². The molecule has 2 aromatic carbocycles. The Kier molecular flexibility index (Phi) is 14.7. The van der Waals surface area contributed by atoms with E-state index in [0.717, 1.165) is 0 Å². The highest BCUT2D eigenvalue weighted by Crippen LogP contribution is 2.31. The number of halogens is 6. The molecular weight excluding hydrogens is 694 g/mol. The Morgan fingerprint density at radius 1 is 0.620 bits per heavy atom. The number of fused-ring (bicyclic) bond motifs is 2. The lowest BCUT2D eigenvalue weighted by molar-refractivity contribution is -0.193. The normalized spacial score (nSPS) is 12.9. The number of carbonyl (C=O) groups excluding carboxylic acids is 6. The maximum atomic E-state index is 13.1. The van der Waals surface area contributed by atoms with Crippen molar-refractivity contribution in [3.8, 4) is 0 Å². The van der Waals surface area contributed by atoms with Crippen LogP contribution in [-0.4, -0.2) is 94.9 Å². The summed E-state index contributed by atoms with van der Waals surface area (Å²) in [5.41, 5.74) is 11.9. The standard InChI is InChI=1S/C24H26N6O6.2C2HF3O2/c1-11(25)23(35)27-9-19(31)29-13-3-5-15-17(7-13)21(33)16-6-4-14(8-18(16)22(15)34)30-20(32)10-28-24(36)12(2)26;2*3-2(4,5)1(6)7/h3-8,11-12H,9-10,25-26H2,1-2H3,(H,27,35)(H,28,36)(H,29,31)(H,30,32);2*(H,6,7)/t11-,12-;;/m0../s1. The zero-order valence-electron chi connectivity index (χ0n) is 25.6. The summed E-state index contributed by atoms with van der Waals surface area (Å²) < 4.78 is 63.5. The fourth-order valence-corrected chi connectivity index (χ4v) is 3.37. The number of ketones is 2. The molecule has 1 aliphatic carbocycles. The van der Waals surface area contributed by atoms with Crippen molar-refractivity contribution in [1.29, 1.82) is 0 Å². The van der Waals surface area contributed by atoms with Gasteiger partial charge in [-0.15, -0.1) is 0 Å². The van der Waals surface area contributed by atoms with Crippen molar-refractivity contribution >= 4 is 58.5 Å². The smallest absolute Gasteiger partial charge is 0.475 e. The number of hydrogen-bond donors (Lipinski definition) is 8. The van der Waals surface area contributed by atoms with E-state index in [0.29, 0.717) is 0 Å². The monoisotopic (exact) mass is 722 g/mol. The van der Waals surface area contributed by atoms with Crippen molar-refractivity contribution in [3.63, 3.8) is 0 Å². The summed E-state index contributed by atoms with van der Waals surface area (Å²) in [6.45, 7) is 2.35. The van der Waals surface area contributed by atoms with E-state index >= 15 is 0 Å². The first-order valence-corrected chi connectivity index (χ1v) is 13.5. The second-order valence-electron chi connectivity index (χ2n) is 9.89. The fourth-order valence-electron chi connectivity index (χ4n) is 3.37. The van der Waals surface area contributed by atoms with Gasteiger partial charge in [-0.2, -0.15) is 26.3 Å². The third-order valence-corrected chi connectivity index (χ3v) is 5.74. The molecule has 0 heterocycles. The number of nitrogens with two attached hydrogens (primary N) is 2. The lowest BCUT2D eigenvalue weighted by Gasteiger charge is -2.19. The average Bonchev–Trinajstić information content (AvgIpc) is 3.00. The molecule has 16 nitrogen and oxygen atoms in total. The number of carboxylic acids is 2. The van der Waals surface area contributed by atoms with Crippen LogP contribution in [0.15, 0.2) is 36.4 Å². The molecule has 0 aromatic heterocycles.